The van der Waals surface area contributed by atoms with Gasteiger partial charge in [0.05, 0.1) is 18.6 Å². The number of para-hydroxylation sites is 1. The number of ether oxygens (including phenoxy) is 2. The van der Waals surface area contributed by atoms with Crippen molar-refractivity contribution in [2.75, 3.05) is 0 Å². The highest BCUT2D eigenvalue weighted by Gasteiger charge is 2.31. The first-order valence-electron chi connectivity index (χ1n) is 6.57. The molecule has 3 rings (SSSR count). The summed E-state index contributed by atoms with van der Waals surface area (Å²) in [5.74, 6) is 0.00865. The highest BCUT2D eigenvalue weighted by molar-refractivity contribution is 5.45. The Bertz CT molecular complexity index is 634. The lowest BCUT2D eigenvalue weighted by Crippen LogP contribution is -2.36. The van der Waals surface area contributed by atoms with Crippen LogP contribution < -0.4 is 4.74 Å². The van der Waals surface area contributed by atoms with E-state index in [9.17, 15) is 5.11 Å². The van der Waals surface area contributed by atoms with E-state index in [-0.39, 0.29) is 0 Å². The fraction of sp³-hybridized carbons (Fsp3) is 0.400. The number of aliphatic hydroxyl groups is 1. The van der Waals surface area contributed by atoms with Crippen LogP contribution in [0.3, 0.4) is 0 Å². The average Bonchev–Trinajstić information content (AvgIpc) is 2.83. The van der Waals surface area contributed by atoms with E-state index in [1.165, 1.54) is 0 Å². The van der Waals surface area contributed by atoms with Crippen LogP contribution in [0.15, 0.2) is 30.7 Å². The Hall–Kier alpha value is -1.85. The molecule has 1 N–H and O–H groups in total. The zero-order valence-electron chi connectivity index (χ0n) is 11.8. The maximum Gasteiger partial charge on any atom is 0.205 e. The molecular weight excluding hydrogens is 256 g/mol. The molecular formula is C15H18N2O3. The summed E-state index contributed by atoms with van der Waals surface area (Å²) in [4.78, 5) is 4.20. The second kappa shape index (κ2) is 4.61. The SMILES string of the molecule is Cn1cnc(C(O)c2cccc3c2OC(C)(C)OC3)c1. The topological polar surface area (TPSA) is 56.5 Å². The molecule has 0 bridgehead atoms. The average molecular weight is 274 g/mol. The van der Waals surface area contributed by atoms with Gasteiger partial charge in [-0.2, -0.15) is 0 Å². The molecule has 1 aliphatic rings. The largest absolute Gasteiger partial charge is 0.462 e. The minimum absolute atomic E-state index is 0.477. The number of aromatic nitrogens is 2. The van der Waals surface area contributed by atoms with E-state index < -0.39 is 11.9 Å². The van der Waals surface area contributed by atoms with E-state index >= 15 is 0 Å². The van der Waals surface area contributed by atoms with Gasteiger partial charge < -0.3 is 19.1 Å². The number of hydrogen-bond acceptors (Lipinski definition) is 4. The van der Waals surface area contributed by atoms with Gasteiger partial charge in [-0.25, -0.2) is 4.98 Å². The number of imidazole rings is 1. The van der Waals surface area contributed by atoms with Gasteiger partial charge in [-0.1, -0.05) is 18.2 Å². The van der Waals surface area contributed by atoms with Gasteiger partial charge >= 0.3 is 0 Å². The molecule has 1 aromatic carbocycles. The molecule has 0 saturated carbocycles. The molecule has 0 saturated heterocycles. The van der Waals surface area contributed by atoms with E-state index in [0.29, 0.717) is 18.1 Å². The first-order valence-corrected chi connectivity index (χ1v) is 6.57. The van der Waals surface area contributed by atoms with Crippen LogP contribution in [0.25, 0.3) is 0 Å². The molecule has 2 aromatic rings. The maximum absolute atomic E-state index is 10.5. The van der Waals surface area contributed by atoms with Crippen LogP contribution in [-0.2, 0) is 18.4 Å². The summed E-state index contributed by atoms with van der Waals surface area (Å²) in [5, 5.41) is 10.5. The fourth-order valence-electron chi connectivity index (χ4n) is 2.32. The Morgan fingerprint density at radius 3 is 2.90 bits per heavy atom. The Morgan fingerprint density at radius 1 is 1.40 bits per heavy atom. The summed E-state index contributed by atoms with van der Waals surface area (Å²) in [5.41, 5.74) is 2.27. The third kappa shape index (κ3) is 2.30. The highest BCUT2D eigenvalue weighted by atomic mass is 16.7. The van der Waals surface area contributed by atoms with Gasteiger partial charge in [-0.15, -0.1) is 0 Å². The highest BCUT2D eigenvalue weighted by Crippen LogP contribution is 2.38. The summed E-state index contributed by atoms with van der Waals surface area (Å²) in [6.45, 7) is 4.20. The Kier molecular flexibility index (Phi) is 3.03. The predicted octanol–water partition coefficient (Wildman–Crippen LogP) is 2.15. The lowest BCUT2D eigenvalue weighted by molar-refractivity contribution is -0.180. The van der Waals surface area contributed by atoms with E-state index in [2.05, 4.69) is 4.98 Å². The fourth-order valence-corrected chi connectivity index (χ4v) is 2.32. The number of aliphatic hydroxyl groups excluding tert-OH is 1. The number of aryl methyl sites for hydroxylation is 1. The molecule has 5 nitrogen and oxygen atoms in total. The van der Waals surface area contributed by atoms with Crippen LogP contribution in [0.4, 0.5) is 0 Å². The molecule has 106 valence electrons. The number of rotatable bonds is 2. The van der Waals surface area contributed by atoms with Gasteiger partial charge in [0.25, 0.3) is 0 Å². The summed E-state index contributed by atoms with van der Waals surface area (Å²) < 4.78 is 13.3. The van der Waals surface area contributed by atoms with Gasteiger partial charge in [0.1, 0.15) is 11.9 Å². The predicted molar refractivity (Wildman–Crippen MR) is 73.2 cm³/mol. The molecule has 0 radical (unpaired) electrons. The third-order valence-electron chi connectivity index (χ3n) is 3.35. The molecule has 5 heteroatoms. The maximum atomic E-state index is 10.5. The molecule has 0 amide bonds. The van der Waals surface area contributed by atoms with Crippen LogP contribution in [0.1, 0.15) is 36.8 Å². The molecule has 20 heavy (non-hydrogen) atoms. The summed E-state index contributed by atoms with van der Waals surface area (Å²) >= 11 is 0. The number of benzene rings is 1. The van der Waals surface area contributed by atoms with Crippen molar-refractivity contribution in [3.8, 4) is 5.75 Å². The van der Waals surface area contributed by atoms with Crippen LogP contribution in [0, 0.1) is 0 Å². The monoisotopic (exact) mass is 274 g/mol. The number of fused-ring (bicyclic) bond motifs is 1. The lowest BCUT2D eigenvalue weighted by atomic mass is 10.0. The Balaban J connectivity index is 2.02. The summed E-state index contributed by atoms with van der Waals surface area (Å²) in [7, 11) is 1.87. The molecule has 0 aliphatic carbocycles. The third-order valence-corrected chi connectivity index (χ3v) is 3.35. The quantitative estimate of drug-likeness (QED) is 0.911. The standard InChI is InChI=1S/C15H18N2O3/c1-15(2)19-8-10-5-4-6-11(14(10)20-15)13(18)12-7-17(3)9-16-12/h4-7,9,13,18H,8H2,1-3H3. The number of hydrogen-bond donors (Lipinski definition) is 1. The van der Waals surface area contributed by atoms with Crippen molar-refractivity contribution in [2.45, 2.75) is 32.3 Å². The van der Waals surface area contributed by atoms with E-state index in [4.69, 9.17) is 9.47 Å². The minimum Gasteiger partial charge on any atom is -0.462 e. The molecule has 1 aromatic heterocycles. The van der Waals surface area contributed by atoms with Gasteiger partial charge in [0, 0.05) is 38.2 Å². The van der Waals surface area contributed by atoms with Gasteiger partial charge in [-0.3, -0.25) is 0 Å². The van der Waals surface area contributed by atoms with Crippen molar-refractivity contribution in [2.24, 2.45) is 7.05 Å². The zero-order chi connectivity index (χ0) is 14.3. The van der Waals surface area contributed by atoms with Crippen molar-refractivity contribution in [1.82, 2.24) is 9.55 Å². The van der Waals surface area contributed by atoms with Crippen LogP contribution >= 0.6 is 0 Å². The summed E-state index contributed by atoms with van der Waals surface area (Å²) in [6.07, 6.45) is 2.66. The van der Waals surface area contributed by atoms with Crippen molar-refractivity contribution in [3.05, 3.63) is 47.5 Å². The van der Waals surface area contributed by atoms with Gasteiger partial charge in [-0.05, 0) is 0 Å². The molecule has 1 unspecified atom stereocenters. The molecule has 0 fully saturated rings. The normalized spacial score (nSPS) is 18.2. The minimum atomic E-state index is -0.806. The Morgan fingerprint density at radius 2 is 2.20 bits per heavy atom. The smallest absolute Gasteiger partial charge is 0.205 e. The van der Waals surface area contributed by atoms with E-state index in [0.717, 1.165) is 11.1 Å². The van der Waals surface area contributed by atoms with Crippen LogP contribution in [0.5, 0.6) is 5.75 Å². The first kappa shape index (κ1) is 13.1. The Labute approximate surface area is 117 Å². The number of nitrogens with zero attached hydrogens (tertiary/aromatic N) is 2. The van der Waals surface area contributed by atoms with Crippen LogP contribution in [-0.4, -0.2) is 20.4 Å². The van der Waals surface area contributed by atoms with Crippen molar-refractivity contribution < 1.29 is 14.6 Å². The van der Waals surface area contributed by atoms with E-state index in [1.807, 2.05) is 43.7 Å². The second-order valence-corrected chi connectivity index (χ2v) is 5.49. The molecule has 2 heterocycles. The summed E-state index contributed by atoms with van der Waals surface area (Å²) in [6, 6.07) is 5.70. The molecule has 1 atom stereocenters. The van der Waals surface area contributed by atoms with Gasteiger partial charge in [0.2, 0.25) is 5.79 Å². The lowest BCUT2D eigenvalue weighted by Gasteiger charge is -2.34. The molecule has 0 spiro atoms. The first-order chi connectivity index (χ1) is 9.46. The van der Waals surface area contributed by atoms with Crippen molar-refractivity contribution in [3.63, 3.8) is 0 Å². The van der Waals surface area contributed by atoms with Crippen molar-refractivity contribution in [1.29, 1.82) is 0 Å². The van der Waals surface area contributed by atoms with E-state index in [1.54, 1.807) is 12.5 Å². The zero-order valence-corrected chi connectivity index (χ0v) is 11.8. The van der Waals surface area contributed by atoms with Crippen molar-refractivity contribution >= 4 is 0 Å². The molecule has 1 aliphatic heterocycles. The van der Waals surface area contributed by atoms with Crippen LogP contribution in [0.2, 0.25) is 0 Å². The van der Waals surface area contributed by atoms with Gasteiger partial charge in [0.15, 0.2) is 0 Å². The second-order valence-electron chi connectivity index (χ2n) is 5.49.